The van der Waals surface area contributed by atoms with Crippen molar-refractivity contribution in [2.45, 2.75) is 84.3 Å². The molecular weight excluding hydrogens is 645 g/mol. The maximum absolute atomic E-state index is 15.0. The van der Waals surface area contributed by atoms with Crippen LogP contribution in [0.3, 0.4) is 0 Å². The van der Waals surface area contributed by atoms with Crippen LogP contribution in [0, 0.1) is 11.7 Å². The van der Waals surface area contributed by atoms with E-state index in [0.717, 1.165) is 24.3 Å². The van der Waals surface area contributed by atoms with Crippen LogP contribution in [0.4, 0.5) is 39.5 Å². The van der Waals surface area contributed by atoms with Crippen LogP contribution in [0.5, 0.6) is 0 Å². The van der Waals surface area contributed by atoms with Crippen LogP contribution >= 0.6 is 0 Å². The molecule has 1 heterocycles. The Kier molecular flexibility index (Phi) is 7.81. The van der Waals surface area contributed by atoms with Crippen LogP contribution in [-0.2, 0) is 36.3 Å². The first-order valence-corrected chi connectivity index (χ1v) is 15.4. The number of carboxylic acid groups (broad SMARTS) is 1. The van der Waals surface area contributed by atoms with Gasteiger partial charge in [0.2, 0.25) is 11.6 Å². The molecule has 16 heteroatoms. The molecular formula is C29H26F9NO5S. The summed E-state index contributed by atoms with van der Waals surface area (Å²) in [5.41, 5.74) is -10.6. The molecule has 0 radical (unpaired) electrons. The fourth-order valence-electron chi connectivity index (χ4n) is 7.09. The minimum Gasteiger partial charge on any atom is -0.479 e. The van der Waals surface area contributed by atoms with Crippen molar-refractivity contribution in [2.24, 2.45) is 5.92 Å². The maximum atomic E-state index is 15.0. The quantitative estimate of drug-likeness (QED) is 0.297. The predicted octanol–water partition coefficient (Wildman–Crippen LogP) is 6.31. The van der Waals surface area contributed by atoms with E-state index in [9.17, 15) is 62.6 Å². The lowest BCUT2D eigenvalue weighted by Gasteiger charge is -2.44. The van der Waals surface area contributed by atoms with Gasteiger partial charge in [0.25, 0.3) is 0 Å². The number of likely N-dealkylation sites (tertiary alicyclic amines) is 1. The monoisotopic (exact) mass is 671 g/mol. The molecule has 0 bridgehead atoms. The second-order valence-electron chi connectivity index (χ2n) is 11.8. The number of halogens is 9. The summed E-state index contributed by atoms with van der Waals surface area (Å²) >= 11 is 0. The van der Waals surface area contributed by atoms with E-state index >= 15 is 0 Å². The number of carbonyl (C=O) groups is 2. The molecule has 2 aromatic rings. The molecule has 3 aliphatic rings. The summed E-state index contributed by atoms with van der Waals surface area (Å²) in [6.07, 6.45) is -15.0. The highest BCUT2D eigenvalue weighted by molar-refractivity contribution is 7.92. The number of aliphatic carboxylic acids is 1. The van der Waals surface area contributed by atoms with Crippen LogP contribution in [0.2, 0.25) is 0 Å². The highest BCUT2D eigenvalue weighted by Crippen LogP contribution is 2.57. The second-order valence-corrected chi connectivity index (χ2v) is 14.0. The van der Waals surface area contributed by atoms with Crippen molar-refractivity contribution >= 4 is 21.7 Å². The summed E-state index contributed by atoms with van der Waals surface area (Å²) in [5.74, 6) is -3.93. The second kappa shape index (κ2) is 10.6. The van der Waals surface area contributed by atoms with Gasteiger partial charge in [0.1, 0.15) is 10.6 Å². The summed E-state index contributed by atoms with van der Waals surface area (Å²) < 4.78 is 151. The lowest BCUT2D eigenvalue weighted by molar-refractivity contribution is -0.348. The third-order valence-electron chi connectivity index (χ3n) is 9.46. The van der Waals surface area contributed by atoms with Crippen LogP contribution in [0.1, 0.15) is 55.2 Å². The highest BCUT2D eigenvalue weighted by atomic mass is 32.2. The molecule has 1 amide bonds. The van der Waals surface area contributed by atoms with Gasteiger partial charge in [-0.3, -0.25) is 4.79 Å². The zero-order valence-electron chi connectivity index (χ0n) is 23.2. The van der Waals surface area contributed by atoms with E-state index < -0.39 is 91.2 Å². The maximum Gasteiger partial charge on any atom is 0.435 e. The molecule has 0 aromatic heterocycles. The molecule has 1 saturated carbocycles. The van der Waals surface area contributed by atoms with Gasteiger partial charge in [-0.2, -0.15) is 26.3 Å². The third kappa shape index (κ3) is 4.89. The smallest absolute Gasteiger partial charge is 0.435 e. The minimum atomic E-state index is -6.40. The SMILES string of the molecule is O=C(C1CCC(F)(C(=O)O)CC1)N1CC[C@@]2(S(=O)(=O)c3ccc(F)cc3)c3ccc(C(F)(C(F)(F)F)C(F)(F)F)cc3CC[C@@H]12. The van der Waals surface area contributed by atoms with E-state index in [1.165, 1.54) is 4.90 Å². The minimum absolute atomic E-state index is 0.157. The molecule has 45 heavy (non-hydrogen) atoms. The van der Waals surface area contributed by atoms with Gasteiger partial charge in [0, 0.05) is 18.0 Å². The van der Waals surface area contributed by atoms with Crippen LogP contribution < -0.4 is 0 Å². The largest absolute Gasteiger partial charge is 0.479 e. The molecule has 1 aliphatic heterocycles. The number of aryl methyl sites for hydroxylation is 1. The molecule has 6 nitrogen and oxygen atoms in total. The summed E-state index contributed by atoms with van der Waals surface area (Å²) in [4.78, 5) is 25.8. The normalized spacial score (nSPS) is 27.5. The predicted molar refractivity (Wildman–Crippen MR) is 138 cm³/mol. The lowest BCUT2D eigenvalue weighted by atomic mass is 9.76. The standard InChI is InChI=1S/C29H26F9NO5S/c30-19-3-5-20(6-4-19)45(43,44)26-13-14-39(23(40)16-9-11-25(31,12-10-16)24(41)42)22(26)8-1-17-15-18(2-7-21(17)26)27(32,28(33,34)35)29(36,37)38/h2-7,15-16,22H,1,8-14H2,(H,41,42)/t16?,22-,25?,26-/m1/s1. The average molecular weight is 672 g/mol. The van der Waals surface area contributed by atoms with Gasteiger partial charge in [-0.05, 0) is 80.3 Å². The van der Waals surface area contributed by atoms with Crippen molar-refractivity contribution in [2.75, 3.05) is 6.54 Å². The lowest BCUT2D eigenvalue weighted by Crippen LogP contribution is -2.54. The fourth-order valence-corrected chi connectivity index (χ4v) is 9.46. The van der Waals surface area contributed by atoms with E-state index in [4.69, 9.17) is 0 Å². The average Bonchev–Trinajstić information content (AvgIpc) is 3.37. The number of nitrogens with zero attached hydrogens (tertiary/aromatic N) is 1. The van der Waals surface area contributed by atoms with Crippen LogP contribution in [-0.4, -0.2) is 60.9 Å². The molecule has 2 fully saturated rings. The number of amides is 1. The van der Waals surface area contributed by atoms with Crippen LogP contribution in [0.15, 0.2) is 47.4 Å². The number of hydrogen-bond acceptors (Lipinski definition) is 4. The summed E-state index contributed by atoms with van der Waals surface area (Å²) in [6.45, 7) is -0.223. The Morgan fingerprint density at radius 2 is 1.44 bits per heavy atom. The number of alkyl halides is 8. The van der Waals surface area contributed by atoms with E-state index in [1.807, 2.05) is 0 Å². The zero-order chi connectivity index (χ0) is 33.4. The van der Waals surface area contributed by atoms with Crippen molar-refractivity contribution in [1.29, 1.82) is 0 Å². The van der Waals surface area contributed by atoms with E-state index in [-0.39, 0.29) is 55.8 Å². The Bertz CT molecular complexity index is 1600. The number of sulfone groups is 1. The van der Waals surface area contributed by atoms with Gasteiger partial charge >= 0.3 is 24.0 Å². The first kappa shape index (κ1) is 33.1. The summed E-state index contributed by atoms with van der Waals surface area (Å²) in [7, 11) is -4.66. The molecule has 246 valence electrons. The molecule has 0 spiro atoms. The summed E-state index contributed by atoms with van der Waals surface area (Å²) in [6, 6.07) is 3.68. The van der Waals surface area contributed by atoms with E-state index in [0.29, 0.717) is 12.1 Å². The van der Waals surface area contributed by atoms with Gasteiger partial charge in [0.05, 0.1) is 10.9 Å². The molecule has 1 saturated heterocycles. The number of carboxylic acids is 1. The Hall–Kier alpha value is -3.30. The van der Waals surface area contributed by atoms with E-state index in [2.05, 4.69) is 0 Å². The summed E-state index contributed by atoms with van der Waals surface area (Å²) in [5, 5.41) is 9.18. The van der Waals surface area contributed by atoms with Gasteiger partial charge in [-0.15, -0.1) is 0 Å². The Morgan fingerprint density at radius 1 is 0.867 bits per heavy atom. The number of benzene rings is 2. The van der Waals surface area contributed by atoms with Gasteiger partial charge in [0.15, 0.2) is 9.84 Å². The highest BCUT2D eigenvalue weighted by Gasteiger charge is 2.74. The molecule has 5 rings (SSSR count). The number of hydrogen-bond donors (Lipinski definition) is 1. The molecule has 0 unspecified atom stereocenters. The van der Waals surface area contributed by atoms with Gasteiger partial charge < -0.3 is 10.0 Å². The molecule has 1 N–H and O–H groups in total. The van der Waals surface area contributed by atoms with Gasteiger partial charge in [-0.25, -0.2) is 26.4 Å². The Morgan fingerprint density at radius 3 is 1.98 bits per heavy atom. The van der Waals surface area contributed by atoms with Crippen molar-refractivity contribution in [3.05, 3.63) is 65.0 Å². The van der Waals surface area contributed by atoms with E-state index in [1.54, 1.807) is 0 Å². The Balaban J connectivity index is 1.62. The van der Waals surface area contributed by atoms with Crippen LogP contribution in [0.25, 0.3) is 0 Å². The number of fused-ring (bicyclic) bond motifs is 3. The molecule has 2 atom stereocenters. The van der Waals surface area contributed by atoms with Crippen molar-refractivity contribution in [3.63, 3.8) is 0 Å². The zero-order valence-corrected chi connectivity index (χ0v) is 24.0. The van der Waals surface area contributed by atoms with Crippen molar-refractivity contribution < 1.29 is 62.6 Å². The first-order valence-electron chi connectivity index (χ1n) is 13.9. The van der Waals surface area contributed by atoms with Gasteiger partial charge in [-0.1, -0.05) is 18.2 Å². The Labute approximate surface area is 251 Å². The third-order valence-corrected chi connectivity index (χ3v) is 12.0. The fraction of sp³-hybridized carbons (Fsp3) is 0.517. The topological polar surface area (TPSA) is 91.8 Å². The number of rotatable bonds is 5. The van der Waals surface area contributed by atoms with Crippen molar-refractivity contribution in [3.8, 4) is 0 Å². The van der Waals surface area contributed by atoms with Crippen molar-refractivity contribution in [1.82, 2.24) is 4.90 Å². The molecule has 2 aromatic carbocycles. The number of carbonyl (C=O) groups excluding carboxylic acids is 1. The first-order chi connectivity index (χ1) is 20.7. The molecule has 2 aliphatic carbocycles.